The maximum Gasteiger partial charge on any atom is 0.304 e. The smallest absolute Gasteiger partial charge is 0.304 e. The number of rotatable bonds is 8. The van der Waals surface area contributed by atoms with Crippen LogP contribution >= 0.6 is 0 Å². The monoisotopic (exact) mass is 444 g/mol. The number of carbonyl (C=O) groups is 1. The number of carboxylic acids is 1. The van der Waals surface area contributed by atoms with Crippen molar-refractivity contribution in [1.29, 1.82) is 0 Å². The Morgan fingerprint density at radius 1 is 1.07 bits per heavy atom. The van der Waals surface area contributed by atoms with Gasteiger partial charge in [-0.15, -0.1) is 0 Å². The molecule has 0 aliphatic carbocycles. The van der Waals surface area contributed by atoms with Crippen LogP contribution in [-0.2, 0) is 24.8 Å². The van der Waals surface area contributed by atoms with E-state index in [-0.39, 0.29) is 22.0 Å². The highest BCUT2D eigenvalue weighted by Crippen LogP contribution is 2.30. The van der Waals surface area contributed by atoms with Crippen LogP contribution in [-0.4, -0.2) is 41.5 Å². The number of carboxylic acid groups (broad SMARTS) is 1. The van der Waals surface area contributed by atoms with Crippen molar-refractivity contribution in [1.82, 2.24) is 4.72 Å². The molecule has 0 amide bonds. The van der Waals surface area contributed by atoms with Crippen LogP contribution in [0.3, 0.4) is 0 Å². The molecular formula is C18H21FN2O6S2. The molecule has 0 aliphatic heterocycles. The van der Waals surface area contributed by atoms with Crippen molar-refractivity contribution in [2.75, 3.05) is 17.9 Å². The van der Waals surface area contributed by atoms with E-state index >= 15 is 0 Å². The van der Waals surface area contributed by atoms with E-state index in [2.05, 4.69) is 4.72 Å². The average molecular weight is 445 g/mol. The average Bonchev–Trinajstić information content (AvgIpc) is 2.60. The third kappa shape index (κ3) is 5.11. The van der Waals surface area contributed by atoms with Crippen molar-refractivity contribution in [3.63, 3.8) is 0 Å². The number of nitrogens with one attached hydrogen (secondary N) is 1. The molecule has 2 N–H and O–H groups in total. The lowest BCUT2D eigenvalue weighted by Crippen LogP contribution is -2.29. The molecule has 29 heavy (non-hydrogen) atoms. The van der Waals surface area contributed by atoms with E-state index in [1.165, 1.54) is 19.2 Å². The summed E-state index contributed by atoms with van der Waals surface area (Å²) in [5.41, 5.74) is 1.01. The third-order valence-corrected chi connectivity index (χ3v) is 7.61. The van der Waals surface area contributed by atoms with E-state index in [0.29, 0.717) is 11.1 Å². The number of aliphatic carboxylic acids is 1. The molecule has 0 saturated carbocycles. The molecule has 2 aromatic carbocycles. The first-order chi connectivity index (χ1) is 13.4. The predicted molar refractivity (Wildman–Crippen MR) is 105 cm³/mol. The highest BCUT2D eigenvalue weighted by atomic mass is 32.2. The zero-order chi connectivity index (χ0) is 22.0. The van der Waals surface area contributed by atoms with Gasteiger partial charge in [-0.3, -0.25) is 9.10 Å². The minimum absolute atomic E-state index is 0.124. The number of benzene rings is 2. The highest BCUT2D eigenvalue weighted by Gasteiger charge is 2.26. The largest absolute Gasteiger partial charge is 0.481 e. The Morgan fingerprint density at radius 2 is 1.66 bits per heavy atom. The molecule has 0 unspecified atom stereocenters. The van der Waals surface area contributed by atoms with Crippen LogP contribution < -0.4 is 9.03 Å². The molecular weight excluding hydrogens is 423 g/mol. The van der Waals surface area contributed by atoms with Gasteiger partial charge in [0.05, 0.1) is 21.9 Å². The van der Waals surface area contributed by atoms with E-state index in [1.807, 2.05) is 0 Å². The maximum atomic E-state index is 13.1. The molecule has 0 fully saturated rings. The van der Waals surface area contributed by atoms with Crippen molar-refractivity contribution >= 4 is 31.7 Å². The van der Waals surface area contributed by atoms with E-state index in [1.54, 1.807) is 13.8 Å². The lowest BCUT2D eigenvalue weighted by atomic mass is 10.1. The minimum Gasteiger partial charge on any atom is -0.481 e. The Kier molecular flexibility index (Phi) is 6.66. The summed E-state index contributed by atoms with van der Waals surface area (Å²) < 4.78 is 67.1. The van der Waals surface area contributed by atoms with Gasteiger partial charge in [-0.2, -0.15) is 0 Å². The molecule has 0 atom stereocenters. The lowest BCUT2D eigenvalue weighted by molar-refractivity contribution is -0.136. The molecule has 11 heteroatoms. The first-order valence-corrected chi connectivity index (χ1v) is 11.4. The number of anilines is 1. The summed E-state index contributed by atoms with van der Waals surface area (Å²) in [6.07, 6.45) is -0.393. The SMILES string of the molecule is Cc1cc(C)c(S(=O)(=O)NCCC(=O)O)cc1N(C)S(=O)(=O)c1ccc(F)cc1. The number of sulfonamides is 2. The molecule has 8 nitrogen and oxygen atoms in total. The first kappa shape index (κ1) is 22.8. The van der Waals surface area contributed by atoms with Gasteiger partial charge in [0, 0.05) is 13.6 Å². The number of halogens is 1. The Hall–Kier alpha value is -2.50. The molecule has 0 heterocycles. The topological polar surface area (TPSA) is 121 Å². The van der Waals surface area contributed by atoms with Crippen molar-refractivity contribution < 1.29 is 31.1 Å². The van der Waals surface area contributed by atoms with Gasteiger partial charge in [0.25, 0.3) is 10.0 Å². The van der Waals surface area contributed by atoms with Gasteiger partial charge in [0.1, 0.15) is 5.82 Å². The Morgan fingerprint density at radius 3 is 2.21 bits per heavy atom. The number of hydrogen-bond donors (Lipinski definition) is 2. The fourth-order valence-corrected chi connectivity index (χ4v) is 5.24. The zero-order valence-electron chi connectivity index (χ0n) is 16.0. The summed E-state index contributed by atoms with van der Waals surface area (Å²) in [6, 6.07) is 7.02. The summed E-state index contributed by atoms with van der Waals surface area (Å²) in [6.45, 7) is 2.88. The third-order valence-electron chi connectivity index (χ3n) is 4.23. The van der Waals surface area contributed by atoms with Gasteiger partial charge >= 0.3 is 5.97 Å². The van der Waals surface area contributed by atoms with Crippen LogP contribution in [0.4, 0.5) is 10.1 Å². The molecule has 0 spiro atoms. The quantitative estimate of drug-likeness (QED) is 0.643. The number of hydrogen-bond acceptors (Lipinski definition) is 5. The second-order valence-corrected chi connectivity index (χ2v) is 10.1. The molecule has 2 rings (SSSR count). The number of nitrogens with zero attached hydrogens (tertiary/aromatic N) is 1. The van der Waals surface area contributed by atoms with Gasteiger partial charge in [-0.25, -0.2) is 25.9 Å². The lowest BCUT2D eigenvalue weighted by Gasteiger charge is -2.23. The van der Waals surface area contributed by atoms with E-state index < -0.39 is 38.3 Å². The normalized spacial score (nSPS) is 12.0. The summed E-state index contributed by atoms with van der Waals surface area (Å²) in [7, 11) is -6.85. The van der Waals surface area contributed by atoms with Gasteiger partial charge in [-0.1, -0.05) is 6.07 Å². The first-order valence-electron chi connectivity index (χ1n) is 8.43. The van der Waals surface area contributed by atoms with Crippen LogP contribution in [0.25, 0.3) is 0 Å². The van der Waals surface area contributed by atoms with Crippen LogP contribution in [0.2, 0.25) is 0 Å². The fourth-order valence-electron chi connectivity index (χ4n) is 2.71. The summed E-state index contributed by atoms with van der Waals surface area (Å²) in [4.78, 5) is 10.3. The van der Waals surface area contributed by atoms with Crippen LogP contribution in [0, 0.1) is 19.7 Å². The van der Waals surface area contributed by atoms with Crippen molar-refractivity contribution in [3.05, 3.63) is 53.3 Å². The van der Waals surface area contributed by atoms with Crippen molar-refractivity contribution in [2.24, 2.45) is 0 Å². The van der Waals surface area contributed by atoms with Gasteiger partial charge in [0.15, 0.2) is 0 Å². The Bertz CT molecular complexity index is 1130. The molecule has 0 bridgehead atoms. The number of aryl methyl sites for hydroxylation is 2. The van der Waals surface area contributed by atoms with Gasteiger partial charge < -0.3 is 5.11 Å². The Labute approximate surface area is 169 Å². The highest BCUT2D eigenvalue weighted by molar-refractivity contribution is 7.92. The van der Waals surface area contributed by atoms with Gasteiger partial charge in [0.2, 0.25) is 10.0 Å². The second kappa shape index (κ2) is 8.47. The predicted octanol–water partition coefficient (Wildman–Crippen LogP) is 2.02. The van der Waals surface area contributed by atoms with E-state index in [9.17, 15) is 26.0 Å². The van der Waals surface area contributed by atoms with Crippen LogP contribution in [0.5, 0.6) is 0 Å². The molecule has 0 aliphatic rings. The molecule has 0 saturated heterocycles. The summed E-state index contributed by atoms with van der Waals surface area (Å²) in [5.74, 6) is -1.74. The minimum atomic E-state index is -4.06. The second-order valence-electron chi connectivity index (χ2n) is 6.37. The Balaban J connectivity index is 2.47. The molecule has 2 aromatic rings. The van der Waals surface area contributed by atoms with Crippen molar-refractivity contribution in [3.8, 4) is 0 Å². The van der Waals surface area contributed by atoms with Crippen LogP contribution in [0.15, 0.2) is 46.2 Å². The van der Waals surface area contributed by atoms with E-state index in [0.717, 1.165) is 28.6 Å². The standard InChI is InChI=1S/C18H21FN2O6S2/c1-12-10-13(2)17(28(24,25)20-9-8-18(22)23)11-16(12)21(3)29(26,27)15-6-4-14(19)5-7-15/h4-7,10-11,20H,8-9H2,1-3H3,(H,22,23). The molecule has 0 aromatic heterocycles. The maximum absolute atomic E-state index is 13.1. The van der Waals surface area contributed by atoms with Crippen LogP contribution in [0.1, 0.15) is 17.5 Å². The molecule has 158 valence electrons. The fraction of sp³-hybridized carbons (Fsp3) is 0.278. The van der Waals surface area contributed by atoms with E-state index in [4.69, 9.17) is 5.11 Å². The zero-order valence-corrected chi connectivity index (χ0v) is 17.6. The summed E-state index contributed by atoms with van der Waals surface area (Å²) in [5, 5.41) is 8.67. The molecule has 0 radical (unpaired) electrons. The summed E-state index contributed by atoms with van der Waals surface area (Å²) >= 11 is 0. The van der Waals surface area contributed by atoms with Crippen molar-refractivity contribution in [2.45, 2.75) is 30.1 Å². The van der Waals surface area contributed by atoms with Gasteiger partial charge in [-0.05, 0) is 55.3 Å².